The summed E-state index contributed by atoms with van der Waals surface area (Å²) in [4.78, 5) is 5.32. The summed E-state index contributed by atoms with van der Waals surface area (Å²) >= 11 is 0. The molecule has 3 heterocycles. The predicted molar refractivity (Wildman–Crippen MR) is 101 cm³/mol. The van der Waals surface area contributed by atoms with E-state index in [1.807, 2.05) is 0 Å². The largest absolute Gasteiger partial charge is 0.317 e. The first-order chi connectivity index (χ1) is 12.3. The van der Waals surface area contributed by atoms with Crippen molar-refractivity contribution in [2.75, 3.05) is 26.2 Å². The van der Waals surface area contributed by atoms with Crippen LogP contribution >= 0.6 is 0 Å². The van der Waals surface area contributed by atoms with E-state index in [1.54, 1.807) is 0 Å². The van der Waals surface area contributed by atoms with Gasteiger partial charge in [0.05, 0.1) is 6.54 Å². The van der Waals surface area contributed by atoms with Crippen molar-refractivity contribution in [2.45, 2.75) is 82.7 Å². The van der Waals surface area contributed by atoms with Crippen molar-refractivity contribution in [3.8, 4) is 0 Å². The minimum Gasteiger partial charge on any atom is -0.317 e. The molecule has 1 saturated carbocycles. The highest BCUT2D eigenvalue weighted by Crippen LogP contribution is 2.31. The van der Waals surface area contributed by atoms with E-state index in [9.17, 15) is 0 Å². The molecule has 0 spiro atoms. The Bertz CT molecular complexity index is 532. The Labute approximate surface area is 152 Å². The number of hydrogen-bond acceptors (Lipinski definition) is 4. The van der Waals surface area contributed by atoms with Crippen LogP contribution in [0.4, 0.5) is 0 Å². The van der Waals surface area contributed by atoms with Crippen molar-refractivity contribution in [1.82, 2.24) is 24.6 Å². The van der Waals surface area contributed by atoms with Gasteiger partial charge in [-0.15, -0.1) is 10.2 Å². The molecule has 5 heteroatoms. The minimum absolute atomic E-state index is 0.605. The minimum atomic E-state index is 0.605. The topological polar surface area (TPSA) is 37.2 Å². The zero-order chi connectivity index (χ0) is 17.1. The molecule has 0 N–H and O–H groups in total. The average Bonchev–Trinajstić information content (AvgIpc) is 3.21. The first kappa shape index (κ1) is 17.5. The van der Waals surface area contributed by atoms with Crippen molar-refractivity contribution in [2.24, 2.45) is 7.05 Å². The van der Waals surface area contributed by atoms with E-state index in [2.05, 4.69) is 31.6 Å². The van der Waals surface area contributed by atoms with Gasteiger partial charge in [0.15, 0.2) is 0 Å². The monoisotopic (exact) mass is 345 g/mol. The lowest BCUT2D eigenvalue weighted by Gasteiger charge is -2.35. The maximum atomic E-state index is 4.62. The molecule has 4 rings (SSSR count). The van der Waals surface area contributed by atoms with Gasteiger partial charge in [-0.25, -0.2) is 0 Å². The highest BCUT2D eigenvalue weighted by molar-refractivity contribution is 5.04. The van der Waals surface area contributed by atoms with Gasteiger partial charge in [0.1, 0.15) is 11.6 Å². The van der Waals surface area contributed by atoms with Crippen LogP contribution in [0.1, 0.15) is 81.8 Å². The summed E-state index contributed by atoms with van der Waals surface area (Å²) in [5.41, 5.74) is 0. The van der Waals surface area contributed by atoms with Crippen LogP contribution in [0.5, 0.6) is 0 Å². The van der Waals surface area contributed by atoms with Gasteiger partial charge in [-0.3, -0.25) is 4.90 Å². The summed E-state index contributed by atoms with van der Waals surface area (Å²) in [6.45, 7) is 5.93. The third-order valence-electron chi connectivity index (χ3n) is 6.80. The van der Waals surface area contributed by atoms with E-state index < -0.39 is 0 Å². The van der Waals surface area contributed by atoms with Gasteiger partial charge in [-0.2, -0.15) is 0 Å². The number of rotatable bonds is 4. The fraction of sp³-hybridized carbons (Fsp3) is 0.900. The molecule has 0 amide bonds. The Kier molecular flexibility index (Phi) is 5.71. The molecule has 0 aromatic carbocycles. The molecule has 0 bridgehead atoms. The zero-order valence-corrected chi connectivity index (χ0v) is 16.0. The fourth-order valence-electron chi connectivity index (χ4n) is 5.16. The molecule has 0 unspecified atom stereocenters. The zero-order valence-electron chi connectivity index (χ0n) is 16.0. The van der Waals surface area contributed by atoms with Gasteiger partial charge in [0.25, 0.3) is 0 Å². The molecule has 1 aliphatic carbocycles. The summed E-state index contributed by atoms with van der Waals surface area (Å²) in [6, 6.07) is 0.874. The number of aromatic nitrogens is 3. The third-order valence-corrected chi connectivity index (χ3v) is 6.80. The smallest absolute Gasteiger partial charge is 0.146 e. The molecule has 1 aromatic heterocycles. The van der Waals surface area contributed by atoms with Crippen LogP contribution in [0.2, 0.25) is 0 Å². The van der Waals surface area contributed by atoms with E-state index in [0.717, 1.165) is 18.4 Å². The third kappa shape index (κ3) is 4.08. The molecule has 140 valence electrons. The Morgan fingerprint density at radius 3 is 2.16 bits per heavy atom. The Hall–Kier alpha value is -0.940. The highest BCUT2D eigenvalue weighted by Gasteiger charge is 2.30. The normalized spacial score (nSPS) is 25.5. The average molecular weight is 346 g/mol. The number of piperidine rings is 1. The first-order valence-corrected chi connectivity index (χ1v) is 10.7. The van der Waals surface area contributed by atoms with Gasteiger partial charge >= 0.3 is 0 Å². The summed E-state index contributed by atoms with van der Waals surface area (Å²) in [5, 5.41) is 9.19. The quantitative estimate of drug-likeness (QED) is 0.839. The van der Waals surface area contributed by atoms with Crippen molar-refractivity contribution >= 4 is 0 Å². The number of nitrogens with zero attached hydrogens (tertiary/aromatic N) is 5. The van der Waals surface area contributed by atoms with Crippen LogP contribution in [0, 0.1) is 0 Å². The van der Waals surface area contributed by atoms with Gasteiger partial charge in [-0.1, -0.05) is 25.7 Å². The van der Waals surface area contributed by atoms with Crippen molar-refractivity contribution in [1.29, 1.82) is 0 Å². The van der Waals surface area contributed by atoms with E-state index in [4.69, 9.17) is 0 Å². The van der Waals surface area contributed by atoms with Crippen LogP contribution in [0.25, 0.3) is 0 Å². The molecule has 25 heavy (non-hydrogen) atoms. The lowest BCUT2D eigenvalue weighted by Crippen LogP contribution is -2.40. The standard InChI is InChI=1S/C20H35N5/c1-23-19(16-24-12-6-2-3-7-13-24)21-22-20(23)17-10-14-25(15-11-17)18-8-4-5-9-18/h17-18H,2-16H2,1H3. The van der Waals surface area contributed by atoms with Crippen LogP contribution < -0.4 is 0 Å². The van der Waals surface area contributed by atoms with Crippen LogP contribution in [-0.4, -0.2) is 56.8 Å². The molecular formula is C20H35N5. The SMILES string of the molecule is Cn1c(CN2CCCCCC2)nnc1C1CCN(C2CCCC2)CC1. The number of hydrogen-bond donors (Lipinski definition) is 0. The summed E-state index contributed by atoms with van der Waals surface area (Å²) in [7, 11) is 2.19. The molecule has 3 aliphatic rings. The van der Waals surface area contributed by atoms with Crippen LogP contribution in [-0.2, 0) is 13.6 Å². The number of likely N-dealkylation sites (tertiary alicyclic amines) is 2. The maximum Gasteiger partial charge on any atom is 0.146 e. The summed E-state index contributed by atoms with van der Waals surface area (Å²) < 4.78 is 2.31. The van der Waals surface area contributed by atoms with Crippen LogP contribution in [0.3, 0.4) is 0 Å². The molecule has 3 fully saturated rings. The molecule has 0 atom stereocenters. The highest BCUT2D eigenvalue weighted by atomic mass is 15.3. The fourth-order valence-corrected chi connectivity index (χ4v) is 5.16. The molecule has 2 aliphatic heterocycles. The van der Waals surface area contributed by atoms with Crippen molar-refractivity contribution in [3.63, 3.8) is 0 Å². The Morgan fingerprint density at radius 1 is 0.800 bits per heavy atom. The molecular weight excluding hydrogens is 310 g/mol. The van der Waals surface area contributed by atoms with Gasteiger partial charge < -0.3 is 9.47 Å². The second-order valence-electron chi connectivity index (χ2n) is 8.47. The van der Waals surface area contributed by atoms with E-state index in [1.165, 1.54) is 96.2 Å². The summed E-state index contributed by atoms with van der Waals surface area (Å²) in [6.07, 6.45) is 13.7. The second-order valence-corrected chi connectivity index (χ2v) is 8.47. The Morgan fingerprint density at radius 2 is 1.48 bits per heavy atom. The lowest BCUT2D eigenvalue weighted by atomic mass is 9.94. The molecule has 2 saturated heterocycles. The Balaban J connectivity index is 1.34. The second kappa shape index (κ2) is 8.17. The van der Waals surface area contributed by atoms with Gasteiger partial charge in [0.2, 0.25) is 0 Å². The summed E-state index contributed by atoms with van der Waals surface area (Å²) in [5.74, 6) is 3.00. The maximum absolute atomic E-state index is 4.62. The first-order valence-electron chi connectivity index (χ1n) is 10.7. The van der Waals surface area contributed by atoms with Crippen LogP contribution in [0.15, 0.2) is 0 Å². The molecule has 5 nitrogen and oxygen atoms in total. The molecule has 0 radical (unpaired) electrons. The van der Waals surface area contributed by atoms with Gasteiger partial charge in [-0.05, 0) is 64.7 Å². The van der Waals surface area contributed by atoms with E-state index in [-0.39, 0.29) is 0 Å². The van der Waals surface area contributed by atoms with Crippen molar-refractivity contribution in [3.05, 3.63) is 11.6 Å². The predicted octanol–water partition coefficient (Wildman–Crippen LogP) is 3.31. The van der Waals surface area contributed by atoms with E-state index in [0.29, 0.717) is 5.92 Å². The van der Waals surface area contributed by atoms with Gasteiger partial charge in [0, 0.05) is 19.0 Å². The molecule has 1 aromatic rings. The van der Waals surface area contributed by atoms with E-state index >= 15 is 0 Å². The van der Waals surface area contributed by atoms with Crippen molar-refractivity contribution < 1.29 is 0 Å². The lowest BCUT2D eigenvalue weighted by molar-refractivity contribution is 0.151.